The zero-order chi connectivity index (χ0) is 6.57. The van der Waals surface area contributed by atoms with E-state index in [0.717, 1.165) is 0 Å². The van der Waals surface area contributed by atoms with E-state index in [0.29, 0.717) is 0 Å². The Bertz CT molecular complexity index is 109. The summed E-state index contributed by atoms with van der Waals surface area (Å²) in [5.41, 5.74) is 0. The average molecular weight is 115 g/mol. The molecule has 0 aromatic heterocycles. The van der Waals surface area contributed by atoms with E-state index in [2.05, 4.69) is 5.16 Å². The Hall–Kier alpha value is -0.860. The maximum absolute atomic E-state index is 10.3. The summed E-state index contributed by atoms with van der Waals surface area (Å²) in [5.74, 6) is -0.261. The topological polar surface area (TPSA) is 49.7 Å². The molecule has 1 atom stereocenters. The quantitative estimate of drug-likeness (QED) is 0.326. The highest BCUT2D eigenvalue weighted by atomic mass is 16.4. The molecule has 0 saturated carbocycles. The van der Waals surface area contributed by atoms with Crippen LogP contribution < -0.4 is 0 Å². The highest BCUT2D eigenvalue weighted by Gasteiger charge is 2.01. The van der Waals surface area contributed by atoms with Crippen LogP contribution in [-0.4, -0.2) is 17.2 Å². The summed E-state index contributed by atoms with van der Waals surface area (Å²) in [4.78, 5) is 10.3. The summed E-state index contributed by atoms with van der Waals surface area (Å²) in [7, 11) is 0. The molecule has 1 N–H and O–H groups in total. The number of ketones is 1. The van der Waals surface area contributed by atoms with Crippen LogP contribution in [0.2, 0.25) is 0 Å². The molecule has 0 heterocycles. The first-order valence-electron chi connectivity index (χ1n) is 2.36. The molecule has 46 valence electrons. The lowest BCUT2D eigenvalue weighted by molar-refractivity contribution is -0.118. The number of hydrogen-bond donors (Lipinski definition) is 1. The van der Waals surface area contributed by atoms with E-state index in [1.54, 1.807) is 6.92 Å². The number of oxime groups is 1. The van der Waals surface area contributed by atoms with Crippen LogP contribution in [0.4, 0.5) is 0 Å². The van der Waals surface area contributed by atoms with Gasteiger partial charge in [-0.1, -0.05) is 6.92 Å². The molecule has 0 aliphatic carbocycles. The van der Waals surface area contributed by atoms with Gasteiger partial charge in [-0.3, -0.25) is 4.79 Å². The lowest BCUT2D eigenvalue weighted by atomic mass is 10.1. The zero-order valence-electron chi connectivity index (χ0n) is 4.96. The van der Waals surface area contributed by atoms with Crippen LogP contribution in [0.25, 0.3) is 0 Å². The van der Waals surface area contributed by atoms with Crippen molar-refractivity contribution in [3.05, 3.63) is 0 Å². The Morgan fingerprint density at radius 1 is 1.88 bits per heavy atom. The monoisotopic (exact) mass is 115 g/mol. The number of nitrogens with zero attached hydrogens (tertiary/aromatic N) is 1. The number of rotatable bonds is 2. The molecule has 3 heteroatoms. The molecule has 0 aliphatic rings. The van der Waals surface area contributed by atoms with Gasteiger partial charge in [0, 0.05) is 0 Å². The molecule has 0 radical (unpaired) electrons. The maximum Gasteiger partial charge on any atom is 0.138 e. The van der Waals surface area contributed by atoms with Crippen LogP contribution >= 0.6 is 0 Å². The van der Waals surface area contributed by atoms with E-state index in [-0.39, 0.29) is 11.7 Å². The fraction of sp³-hybridized carbons (Fsp3) is 0.600. The number of carbonyl (C=O) groups excluding carboxylic acids is 1. The molecule has 0 aromatic rings. The molecular formula is C5H9NO2. The second-order valence-corrected chi connectivity index (χ2v) is 1.66. The maximum atomic E-state index is 10.3. The number of carbonyl (C=O) groups is 1. The van der Waals surface area contributed by atoms with Crippen LogP contribution in [0.5, 0.6) is 0 Å². The van der Waals surface area contributed by atoms with E-state index >= 15 is 0 Å². The van der Waals surface area contributed by atoms with Crippen molar-refractivity contribution < 1.29 is 10.0 Å². The minimum Gasteiger partial charge on any atom is -0.411 e. The number of hydrogen-bond acceptors (Lipinski definition) is 3. The standard InChI is InChI=1S/C5H9NO2/c1-4(3-6-8)5(2)7/h3-4,8H,1-2H3. The molecule has 0 amide bonds. The first-order chi connectivity index (χ1) is 3.68. The van der Waals surface area contributed by atoms with Gasteiger partial charge in [-0.2, -0.15) is 0 Å². The largest absolute Gasteiger partial charge is 0.411 e. The van der Waals surface area contributed by atoms with Gasteiger partial charge >= 0.3 is 0 Å². The van der Waals surface area contributed by atoms with E-state index in [1.165, 1.54) is 13.1 Å². The summed E-state index contributed by atoms with van der Waals surface area (Å²) in [6.45, 7) is 3.12. The summed E-state index contributed by atoms with van der Waals surface area (Å²) >= 11 is 0. The molecule has 3 nitrogen and oxygen atoms in total. The summed E-state index contributed by atoms with van der Waals surface area (Å²) in [6, 6.07) is 0. The highest BCUT2D eigenvalue weighted by Crippen LogP contribution is 1.89. The van der Waals surface area contributed by atoms with Crippen molar-refractivity contribution in [3.8, 4) is 0 Å². The van der Waals surface area contributed by atoms with Gasteiger partial charge in [0.2, 0.25) is 0 Å². The fourth-order valence-corrected chi connectivity index (χ4v) is 0.205. The first-order valence-corrected chi connectivity index (χ1v) is 2.36. The molecule has 0 fully saturated rings. The fourth-order valence-electron chi connectivity index (χ4n) is 0.205. The molecule has 8 heavy (non-hydrogen) atoms. The molecule has 1 unspecified atom stereocenters. The summed E-state index contributed by atoms with van der Waals surface area (Å²) in [6.07, 6.45) is 1.20. The van der Waals surface area contributed by atoms with Gasteiger partial charge in [-0.15, -0.1) is 5.16 Å². The van der Waals surface area contributed by atoms with E-state index in [9.17, 15) is 4.79 Å². The molecular weight excluding hydrogens is 106 g/mol. The van der Waals surface area contributed by atoms with Crippen molar-refractivity contribution in [3.63, 3.8) is 0 Å². The van der Waals surface area contributed by atoms with Crippen molar-refractivity contribution in [2.24, 2.45) is 11.1 Å². The average Bonchev–Trinajstić information content (AvgIpc) is 1.67. The second kappa shape index (κ2) is 3.18. The molecule has 0 spiro atoms. The van der Waals surface area contributed by atoms with Crippen LogP contribution in [0.3, 0.4) is 0 Å². The van der Waals surface area contributed by atoms with Crippen LogP contribution in [0.15, 0.2) is 5.16 Å². The highest BCUT2D eigenvalue weighted by molar-refractivity contribution is 5.92. The van der Waals surface area contributed by atoms with Crippen molar-refractivity contribution in [2.45, 2.75) is 13.8 Å². The zero-order valence-corrected chi connectivity index (χ0v) is 4.96. The Balaban J connectivity index is 3.64. The van der Waals surface area contributed by atoms with Gasteiger partial charge in [-0.25, -0.2) is 0 Å². The third-order valence-corrected chi connectivity index (χ3v) is 0.932. The molecule has 0 bridgehead atoms. The van der Waals surface area contributed by atoms with Crippen LogP contribution in [-0.2, 0) is 4.79 Å². The van der Waals surface area contributed by atoms with Crippen LogP contribution in [0.1, 0.15) is 13.8 Å². The van der Waals surface area contributed by atoms with Crippen LogP contribution in [0, 0.1) is 5.92 Å². The first kappa shape index (κ1) is 7.14. The molecule has 0 aliphatic heterocycles. The SMILES string of the molecule is CC(=O)C(C)C=NO. The van der Waals surface area contributed by atoms with Gasteiger partial charge in [0.25, 0.3) is 0 Å². The molecule has 0 saturated heterocycles. The molecule has 0 aromatic carbocycles. The smallest absolute Gasteiger partial charge is 0.138 e. The van der Waals surface area contributed by atoms with Crippen molar-refractivity contribution >= 4 is 12.0 Å². The predicted octanol–water partition coefficient (Wildman–Crippen LogP) is 0.671. The normalized spacial score (nSPS) is 14.2. The van der Waals surface area contributed by atoms with Gasteiger partial charge in [0.1, 0.15) is 5.78 Å². The summed E-state index contributed by atoms with van der Waals surface area (Å²) in [5, 5.41) is 10.6. The van der Waals surface area contributed by atoms with E-state index in [1.807, 2.05) is 0 Å². The van der Waals surface area contributed by atoms with Gasteiger partial charge in [-0.05, 0) is 6.92 Å². The Labute approximate surface area is 48.0 Å². The van der Waals surface area contributed by atoms with Crippen molar-refractivity contribution in [1.29, 1.82) is 0 Å². The van der Waals surface area contributed by atoms with Gasteiger partial charge < -0.3 is 5.21 Å². The Kier molecular flexibility index (Phi) is 2.84. The third kappa shape index (κ3) is 2.34. The Morgan fingerprint density at radius 2 is 2.38 bits per heavy atom. The lowest BCUT2D eigenvalue weighted by Gasteiger charge is -1.93. The van der Waals surface area contributed by atoms with Gasteiger partial charge in [0.15, 0.2) is 0 Å². The van der Waals surface area contributed by atoms with E-state index < -0.39 is 0 Å². The Morgan fingerprint density at radius 3 is 2.50 bits per heavy atom. The van der Waals surface area contributed by atoms with Gasteiger partial charge in [0.05, 0.1) is 12.1 Å². The molecule has 0 rings (SSSR count). The lowest BCUT2D eigenvalue weighted by Crippen LogP contribution is -2.06. The van der Waals surface area contributed by atoms with Crippen molar-refractivity contribution in [1.82, 2.24) is 0 Å². The predicted molar refractivity (Wildman–Crippen MR) is 30.1 cm³/mol. The minimum atomic E-state index is -0.264. The van der Waals surface area contributed by atoms with Crippen molar-refractivity contribution in [2.75, 3.05) is 0 Å². The minimum absolute atomic E-state index is 0.00259. The second-order valence-electron chi connectivity index (χ2n) is 1.66. The van der Waals surface area contributed by atoms with E-state index in [4.69, 9.17) is 5.21 Å². The summed E-state index contributed by atoms with van der Waals surface area (Å²) < 4.78 is 0. The number of Topliss-reactive ketones (excluding diaryl/α,β-unsaturated/α-hetero) is 1. The third-order valence-electron chi connectivity index (χ3n) is 0.932.